The number of carbonyl (C=O) groups is 2. The van der Waals surface area contributed by atoms with Crippen LogP contribution in [0.5, 0.6) is 0 Å². The van der Waals surface area contributed by atoms with Gasteiger partial charge in [-0.05, 0) is 30.5 Å². The van der Waals surface area contributed by atoms with Gasteiger partial charge in [-0.1, -0.05) is 17.7 Å². The van der Waals surface area contributed by atoms with Gasteiger partial charge in [0.1, 0.15) is 0 Å². The molecule has 2 aliphatic rings. The number of hydrogen-bond donors (Lipinski definition) is 1. The van der Waals surface area contributed by atoms with Gasteiger partial charge >= 0.3 is 0 Å². The largest absolute Gasteiger partial charge is 0.355 e. The fourth-order valence-electron chi connectivity index (χ4n) is 3.20. The Morgan fingerprint density at radius 2 is 2.17 bits per heavy atom. The second-order valence-electron chi connectivity index (χ2n) is 6.40. The quantitative estimate of drug-likeness (QED) is 0.864. The van der Waals surface area contributed by atoms with E-state index in [2.05, 4.69) is 5.32 Å². The van der Waals surface area contributed by atoms with Gasteiger partial charge in [-0.15, -0.1) is 0 Å². The minimum atomic E-state index is -2.95. The fourth-order valence-corrected chi connectivity index (χ4v) is 5.25. The molecule has 24 heavy (non-hydrogen) atoms. The summed E-state index contributed by atoms with van der Waals surface area (Å²) >= 11 is 5.95. The second kappa shape index (κ2) is 6.72. The Morgan fingerprint density at radius 1 is 1.38 bits per heavy atom. The third-order valence-electron chi connectivity index (χ3n) is 4.51. The molecule has 1 aromatic carbocycles. The minimum Gasteiger partial charge on any atom is -0.355 e. The van der Waals surface area contributed by atoms with E-state index >= 15 is 0 Å². The van der Waals surface area contributed by atoms with Gasteiger partial charge in [-0.2, -0.15) is 0 Å². The molecule has 0 radical (unpaired) electrons. The summed E-state index contributed by atoms with van der Waals surface area (Å²) in [4.78, 5) is 26.0. The van der Waals surface area contributed by atoms with E-state index in [1.54, 1.807) is 29.2 Å². The Kier molecular flexibility index (Phi) is 4.83. The highest BCUT2D eigenvalue weighted by molar-refractivity contribution is 7.91. The van der Waals surface area contributed by atoms with Crippen LogP contribution in [0, 0.1) is 11.8 Å². The van der Waals surface area contributed by atoms with Crippen molar-refractivity contribution >= 4 is 38.9 Å². The van der Waals surface area contributed by atoms with Gasteiger partial charge in [0.25, 0.3) is 0 Å². The molecule has 1 aromatic rings. The average molecular weight is 371 g/mol. The van der Waals surface area contributed by atoms with E-state index in [0.29, 0.717) is 30.2 Å². The molecule has 0 saturated carbocycles. The van der Waals surface area contributed by atoms with E-state index in [4.69, 9.17) is 11.6 Å². The van der Waals surface area contributed by atoms with Crippen LogP contribution in [-0.4, -0.2) is 44.8 Å². The summed E-state index contributed by atoms with van der Waals surface area (Å²) in [5.74, 6) is -0.434. The fraction of sp³-hybridized carbons (Fsp3) is 0.500. The Hall–Kier alpha value is -1.60. The lowest BCUT2D eigenvalue weighted by atomic mass is 10.1. The lowest BCUT2D eigenvalue weighted by Gasteiger charge is -2.17. The molecule has 2 aliphatic heterocycles. The summed E-state index contributed by atoms with van der Waals surface area (Å²) < 4.78 is 22.9. The monoisotopic (exact) mass is 370 g/mol. The van der Waals surface area contributed by atoms with Crippen LogP contribution in [0.2, 0.25) is 5.02 Å². The number of nitrogens with zero attached hydrogens (tertiary/aromatic N) is 1. The molecule has 0 aromatic heterocycles. The predicted molar refractivity (Wildman–Crippen MR) is 91.7 cm³/mol. The molecule has 2 atom stereocenters. The van der Waals surface area contributed by atoms with Crippen molar-refractivity contribution in [2.75, 3.05) is 29.5 Å². The third kappa shape index (κ3) is 3.89. The number of benzene rings is 1. The van der Waals surface area contributed by atoms with E-state index in [-0.39, 0.29) is 35.7 Å². The molecule has 0 bridgehead atoms. The number of rotatable bonds is 4. The maximum absolute atomic E-state index is 12.3. The van der Waals surface area contributed by atoms with Gasteiger partial charge in [0.2, 0.25) is 11.8 Å². The van der Waals surface area contributed by atoms with Crippen LogP contribution in [0.15, 0.2) is 24.3 Å². The molecular formula is C16H19ClN2O4S. The number of sulfone groups is 1. The maximum Gasteiger partial charge on any atom is 0.227 e. The maximum atomic E-state index is 12.3. The highest BCUT2D eigenvalue weighted by Gasteiger charge is 2.36. The number of amides is 2. The first-order valence-electron chi connectivity index (χ1n) is 7.88. The number of halogens is 1. The number of hydrogen-bond acceptors (Lipinski definition) is 4. The van der Waals surface area contributed by atoms with E-state index in [0.717, 1.165) is 0 Å². The Labute approximate surface area is 146 Å². The molecule has 2 amide bonds. The number of carbonyl (C=O) groups excluding carboxylic acids is 2. The van der Waals surface area contributed by atoms with Crippen molar-refractivity contribution < 1.29 is 18.0 Å². The topological polar surface area (TPSA) is 83.5 Å². The van der Waals surface area contributed by atoms with Gasteiger partial charge < -0.3 is 10.2 Å². The standard InChI is InChI=1S/C16H19ClN2O4S/c17-13-2-1-3-14(7-13)19-9-12(6-15(19)20)16(21)18-8-11-4-5-24(22,23)10-11/h1-3,7,11-12H,4-6,8-10H2,(H,18,21). The summed E-state index contributed by atoms with van der Waals surface area (Å²) in [5, 5.41) is 3.34. The molecular weight excluding hydrogens is 352 g/mol. The van der Waals surface area contributed by atoms with Crippen LogP contribution in [0.4, 0.5) is 5.69 Å². The summed E-state index contributed by atoms with van der Waals surface area (Å²) in [7, 11) is -2.95. The number of nitrogens with one attached hydrogen (secondary N) is 1. The lowest BCUT2D eigenvalue weighted by Crippen LogP contribution is -2.36. The van der Waals surface area contributed by atoms with Gasteiger partial charge in [0.05, 0.1) is 17.4 Å². The first-order valence-corrected chi connectivity index (χ1v) is 10.1. The van der Waals surface area contributed by atoms with Crippen molar-refractivity contribution in [1.29, 1.82) is 0 Å². The van der Waals surface area contributed by atoms with Crippen LogP contribution < -0.4 is 10.2 Å². The first kappa shape index (κ1) is 17.2. The second-order valence-corrected chi connectivity index (χ2v) is 9.06. The van der Waals surface area contributed by atoms with Gasteiger partial charge in [-0.25, -0.2) is 8.42 Å². The van der Waals surface area contributed by atoms with Crippen molar-refractivity contribution in [2.45, 2.75) is 12.8 Å². The van der Waals surface area contributed by atoms with Crippen LogP contribution in [0.25, 0.3) is 0 Å². The molecule has 2 unspecified atom stereocenters. The molecule has 8 heteroatoms. The highest BCUT2D eigenvalue weighted by atomic mass is 35.5. The van der Waals surface area contributed by atoms with Crippen molar-refractivity contribution in [3.63, 3.8) is 0 Å². The molecule has 2 fully saturated rings. The molecule has 3 rings (SSSR count). The molecule has 0 aliphatic carbocycles. The molecule has 0 spiro atoms. The smallest absolute Gasteiger partial charge is 0.227 e. The molecule has 2 saturated heterocycles. The van der Waals surface area contributed by atoms with E-state index < -0.39 is 15.8 Å². The van der Waals surface area contributed by atoms with Crippen LogP contribution in [0.3, 0.4) is 0 Å². The summed E-state index contributed by atoms with van der Waals surface area (Å²) in [6.07, 6.45) is 0.738. The molecule has 6 nitrogen and oxygen atoms in total. The molecule has 2 heterocycles. The predicted octanol–water partition coefficient (Wildman–Crippen LogP) is 1.24. The van der Waals surface area contributed by atoms with Gasteiger partial charge in [-0.3, -0.25) is 9.59 Å². The van der Waals surface area contributed by atoms with Crippen molar-refractivity contribution in [3.8, 4) is 0 Å². The van der Waals surface area contributed by atoms with E-state index in [1.807, 2.05) is 0 Å². The number of anilines is 1. The van der Waals surface area contributed by atoms with Gasteiger partial charge in [0.15, 0.2) is 9.84 Å². The highest BCUT2D eigenvalue weighted by Crippen LogP contribution is 2.27. The van der Waals surface area contributed by atoms with Crippen molar-refractivity contribution in [2.24, 2.45) is 11.8 Å². The van der Waals surface area contributed by atoms with E-state index in [9.17, 15) is 18.0 Å². The average Bonchev–Trinajstić information content (AvgIpc) is 3.07. The normalized spacial score (nSPS) is 25.9. The zero-order valence-corrected chi connectivity index (χ0v) is 14.6. The lowest BCUT2D eigenvalue weighted by molar-refractivity contribution is -0.126. The van der Waals surface area contributed by atoms with Crippen LogP contribution >= 0.6 is 11.6 Å². The first-order chi connectivity index (χ1) is 11.3. The Morgan fingerprint density at radius 3 is 2.83 bits per heavy atom. The van der Waals surface area contributed by atoms with Crippen LogP contribution in [0.1, 0.15) is 12.8 Å². The Balaban J connectivity index is 1.56. The Bertz CT molecular complexity index is 765. The zero-order valence-electron chi connectivity index (χ0n) is 13.1. The van der Waals surface area contributed by atoms with Crippen LogP contribution in [-0.2, 0) is 19.4 Å². The summed E-state index contributed by atoms with van der Waals surface area (Å²) in [6.45, 7) is 0.661. The summed E-state index contributed by atoms with van der Waals surface area (Å²) in [5.41, 5.74) is 0.685. The van der Waals surface area contributed by atoms with E-state index in [1.165, 1.54) is 0 Å². The molecule has 1 N–H and O–H groups in total. The summed E-state index contributed by atoms with van der Waals surface area (Å²) in [6, 6.07) is 6.97. The van der Waals surface area contributed by atoms with Crippen molar-refractivity contribution in [3.05, 3.63) is 29.3 Å². The van der Waals surface area contributed by atoms with Gasteiger partial charge in [0, 0.05) is 30.2 Å². The third-order valence-corrected chi connectivity index (χ3v) is 6.58. The van der Waals surface area contributed by atoms with Crippen molar-refractivity contribution in [1.82, 2.24) is 5.32 Å². The zero-order chi connectivity index (χ0) is 17.3. The SMILES string of the molecule is O=C(NCC1CCS(=O)(=O)C1)C1CC(=O)N(c2cccc(Cl)c2)C1. The minimum absolute atomic E-state index is 0.0277. The molecule has 130 valence electrons.